The number of nitrogens with zero attached hydrogens (tertiary/aromatic N) is 4. The standard InChI is InChI=1S/C20H26N4S/c1-6-12-9-16-15(14(8-3)13(12)7-2)10-17-18(16)23-24-19(11(4)5)21-22-20(24)25-17/h9,11,17H,6-8,10H2,1-5H3. The first-order valence-electron chi connectivity index (χ1n) is 9.46. The monoisotopic (exact) mass is 354 g/mol. The highest BCUT2D eigenvalue weighted by Gasteiger charge is 2.37. The Kier molecular flexibility index (Phi) is 4.22. The number of aromatic nitrogens is 3. The summed E-state index contributed by atoms with van der Waals surface area (Å²) in [6.45, 7) is 11.1. The summed E-state index contributed by atoms with van der Waals surface area (Å²) in [5.74, 6) is 1.28. The first-order valence-corrected chi connectivity index (χ1v) is 10.3. The summed E-state index contributed by atoms with van der Waals surface area (Å²) in [4.78, 5) is 0. The van der Waals surface area contributed by atoms with Gasteiger partial charge in [-0.05, 0) is 54.0 Å². The van der Waals surface area contributed by atoms with Gasteiger partial charge in [-0.15, -0.1) is 10.2 Å². The average molecular weight is 355 g/mol. The van der Waals surface area contributed by atoms with E-state index in [-0.39, 0.29) is 0 Å². The Bertz CT molecular complexity index is 863. The minimum atomic E-state index is 0.323. The molecule has 2 aliphatic rings. The maximum Gasteiger partial charge on any atom is 0.212 e. The number of hydrogen-bond acceptors (Lipinski definition) is 4. The molecule has 0 spiro atoms. The van der Waals surface area contributed by atoms with Crippen molar-refractivity contribution in [2.75, 3.05) is 0 Å². The minimum Gasteiger partial charge on any atom is -0.191 e. The van der Waals surface area contributed by atoms with Crippen LogP contribution < -0.4 is 0 Å². The normalized spacial score (nSPS) is 18.2. The molecule has 25 heavy (non-hydrogen) atoms. The second-order valence-corrected chi connectivity index (χ2v) is 8.35. The van der Waals surface area contributed by atoms with Gasteiger partial charge in [0.2, 0.25) is 5.16 Å². The lowest BCUT2D eigenvalue weighted by Crippen LogP contribution is -2.21. The molecule has 5 heteroatoms. The van der Waals surface area contributed by atoms with Gasteiger partial charge in [0.1, 0.15) is 0 Å². The van der Waals surface area contributed by atoms with Gasteiger partial charge in [0.05, 0.1) is 11.0 Å². The van der Waals surface area contributed by atoms with Crippen LogP contribution in [0, 0.1) is 0 Å². The zero-order valence-corrected chi connectivity index (χ0v) is 16.6. The average Bonchev–Trinajstić information content (AvgIpc) is 3.18. The highest BCUT2D eigenvalue weighted by Crippen LogP contribution is 2.41. The fraction of sp³-hybridized carbons (Fsp3) is 0.550. The SMILES string of the molecule is CCc1cc2c(c(CC)c1CC)CC1Sc3nnc(C(C)C)n3N=C21. The minimum absolute atomic E-state index is 0.323. The van der Waals surface area contributed by atoms with Gasteiger partial charge in [-0.3, -0.25) is 0 Å². The van der Waals surface area contributed by atoms with Crippen molar-refractivity contribution in [3.8, 4) is 0 Å². The molecule has 2 heterocycles. The van der Waals surface area contributed by atoms with E-state index in [4.69, 9.17) is 5.10 Å². The molecule has 1 unspecified atom stereocenters. The first kappa shape index (κ1) is 16.8. The van der Waals surface area contributed by atoms with Crippen molar-refractivity contribution in [3.05, 3.63) is 39.7 Å². The van der Waals surface area contributed by atoms with Gasteiger partial charge in [-0.1, -0.05) is 46.4 Å². The number of rotatable bonds is 4. The largest absolute Gasteiger partial charge is 0.212 e. The lowest BCUT2D eigenvalue weighted by molar-refractivity contribution is 0.659. The van der Waals surface area contributed by atoms with Crippen LogP contribution in [0.1, 0.15) is 74.2 Å². The zero-order valence-electron chi connectivity index (χ0n) is 15.8. The Morgan fingerprint density at radius 2 is 1.88 bits per heavy atom. The lowest BCUT2D eigenvalue weighted by Gasteiger charge is -2.18. The quantitative estimate of drug-likeness (QED) is 0.819. The third-order valence-corrected chi connectivity index (χ3v) is 6.57. The van der Waals surface area contributed by atoms with Crippen LogP contribution in [-0.4, -0.2) is 25.8 Å². The topological polar surface area (TPSA) is 43.1 Å². The van der Waals surface area contributed by atoms with Gasteiger partial charge in [-0.2, -0.15) is 9.78 Å². The molecule has 1 aliphatic heterocycles. The van der Waals surface area contributed by atoms with E-state index in [2.05, 4.69) is 50.9 Å². The third kappa shape index (κ3) is 2.47. The molecule has 0 radical (unpaired) electrons. The van der Waals surface area contributed by atoms with Crippen LogP contribution in [0.15, 0.2) is 16.3 Å². The summed E-state index contributed by atoms with van der Waals surface area (Å²) in [6, 6.07) is 2.41. The Labute approximate surface area is 154 Å². The molecule has 1 atom stereocenters. The molecule has 1 aromatic heterocycles. The van der Waals surface area contributed by atoms with Crippen molar-refractivity contribution in [1.82, 2.24) is 14.9 Å². The molecule has 1 aliphatic carbocycles. The number of fused-ring (bicyclic) bond motifs is 4. The first-order chi connectivity index (χ1) is 12.1. The number of aryl methyl sites for hydroxylation is 1. The van der Waals surface area contributed by atoms with E-state index in [9.17, 15) is 0 Å². The molecule has 1 aromatic carbocycles. The molecular weight excluding hydrogens is 328 g/mol. The van der Waals surface area contributed by atoms with Crippen LogP contribution in [0.5, 0.6) is 0 Å². The summed E-state index contributed by atoms with van der Waals surface area (Å²) in [5.41, 5.74) is 8.74. The molecule has 0 fully saturated rings. The van der Waals surface area contributed by atoms with Crippen LogP contribution in [-0.2, 0) is 25.7 Å². The molecule has 2 aromatic rings. The third-order valence-electron chi connectivity index (χ3n) is 5.43. The van der Waals surface area contributed by atoms with Gasteiger partial charge >= 0.3 is 0 Å². The maximum absolute atomic E-state index is 5.02. The van der Waals surface area contributed by atoms with E-state index < -0.39 is 0 Å². The molecule has 0 N–H and O–H groups in total. The Hall–Kier alpha value is -1.62. The maximum atomic E-state index is 5.02. The predicted octanol–water partition coefficient (Wildman–Crippen LogP) is 4.37. The van der Waals surface area contributed by atoms with Crippen molar-refractivity contribution in [3.63, 3.8) is 0 Å². The summed E-state index contributed by atoms with van der Waals surface area (Å²) >= 11 is 1.83. The highest BCUT2D eigenvalue weighted by atomic mass is 32.2. The summed E-state index contributed by atoms with van der Waals surface area (Å²) in [7, 11) is 0. The van der Waals surface area contributed by atoms with Crippen molar-refractivity contribution >= 4 is 17.5 Å². The Morgan fingerprint density at radius 3 is 2.52 bits per heavy atom. The van der Waals surface area contributed by atoms with Gasteiger partial charge in [0.25, 0.3) is 0 Å². The molecule has 4 nitrogen and oxygen atoms in total. The second kappa shape index (κ2) is 6.27. The molecule has 0 amide bonds. The fourth-order valence-corrected chi connectivity index (χ4v) is 5.35. The van der Waals surface area contributed by atoms with Gasteiger partial charge < -0.3 is 0 Å². The van der Waals surface area contributed by atoms with Crippen LogP contribution in [0.4, 0.5) is 0 Å². The summed E-state index contributed by atoms with van der Waals surface area (Å²) in [5, 5.41) is 15.1. The lowest BCUT2D eigenvalue weighted by atomic mass is 9.89. The molecule has 4 rings (SSSR count). The molecule has 132 valence electrons. The van der Waals surface area contributed by atoms with Gasteiger partial charge in [0, 0.05) is 11.5 Å². The predicted molar refractivity (Wildman–Crippen MR) is 104 cm³/mol. The number of hydrogen-bond donors (Lipinski definition) is 0. The summed E-state index contributed by atoms with van der Waals surface area (Å²) < 4.78 is 1.97. The molecule has 0 bridgehead atoms. The van der Waals surface area contributed by atoms with E-state index in [1.54, 1.807) is 11.1 Å². The number of benzene rings is 1. The molecule has 0 saturated heterocycles. The van der Waals surface area contributed by atoms with Crippen molar-refractivity contribution in [1.29, 1.82) is 0 Å². The zero-order chi connectivity index (χ0) is 17.7. The van der Waals surface area contributed by atoms with Gasteiger partial charge in [0.15, 0.2) is 5.82 Å². The van der Waals surface area contributed by atoms with E-state index in [1.807, 2.05) is 16.4 Å². The van der Waals surface area contributed by atoms with Crippen LogP contribution in [0.3, 0.4) is 0 Å². The van der Waals surface area contributed by atoms with E-state index >= 15 is 0 Å². The summed E-state index contributed by atoms with van der Waals surface area (Å²) in [6.07, 6.45) is 4.38. The smallest absolute Gasteiger partial charge is 0.191 e. The van der Waals surface area contributed by atoms with E-state index in [0.717, 1.165) is 36.7 Å². The van der Waals surface area contributed by atoms with Crippen molar-refractivity contribution < 1.29 is 0 Å². The van der Waals surface area contributed by atoms with E-state index in [0.29, 0.717) is 11.2 Å². The van der Waals surface area contributed by atoms with Crippen LogP contribution >= 0.6 is 11.8 Å². The second-order valence-electron chi connectivity index (χ2n) is 7.18. The number of thioether (sulfide) groups is 1. The fourth-order valence-electron chi connectivity index (χ4n) is 4.24. The van der Waals surface area contributed by atoms with Crippen molar-refractivity contribution in [2.24, 2.45) is 5.10 Å². The van der Waals surface area contributed by atoms with Crippen molar-refractivity contribution in [2.45, 2.75) is 76.6 Å². The molecular formula is C20H26N4S. The van der Waals surface area contributed by atoms with E-state index in [1.165, 1.54) is 22.4 Å². The Balaban J connectivity index is 1.90. The highest BCUT2D eigenvalue weighted by molar-refractivity contribution is 8.00. The van der Waals surface area contributed by atoms with Crippen LogP contribution in [0.2, 0.25) is 0 Å². The Morgan fingerprint density at radius 1 is 1.12 bits per heavy atom. The van der Waals surface area contributed by atoms with Gasteiger partial charge in [-0.25, -0.2) is 0 Å². The van der Waals surface area contributed by atoms with Crippen LogP contribution in [0.25, 0.3) is 0 Å². The molecule has 0 saturated carbocycles.